The van der Waals surface area contributed by atoms with Crippen LogP contribution in [0.1, 0.15) is 33.2 Å². The zero-order valence-corrected chi connectivity index (χ0v) is 13.5. The number of hydrogen-bond donors (Lipinski definition) is 1. The lowest BCUT2D eigenvalue weighted by atomic mass is 9.64. The van der Waals surface area contributed by atoms with Crippen LogP contribution in [0.15, 0.2) is 18.2 Å². The summed E-state index contributed by atoms with van der Waals surface area (Å²) in [5.41, 5.74) is 2.08. The Hall–Kier alpha value is -0.840. The van der Waals surface area contributed by atoms with Gasteiger partial charge < -0.3 is 14.3 Å². The third-order valence-electron chi connectivity index (χ3n) is 4.51. The molecule has 0 saturated heterocycles. The van der Waals surface area contributed by atoms with Gasteiger partial charge in [-0.1, -0.05) is 31.5 Å². The molecule has 2 aromatic rings. The van der Waals surface area contributed by atoms with Crippen molar-refractivity contribution < 1.29 is 4.74 Å². The van der Waals surface area contributed by atoms with Crippen molar-refractivity contribution in [1.82, 2.24) is 9.55 Å². The van der Waals surface area contributed by atoms with E-state index in [0.717, 1.165) is 28.8 Å². The summed E-state index contributed by atoms with van der Waals surface area (Å²) in [5.74, 6) is 0. The first kappa shape index (κ1) is 14.1. The van der Waals surface area contributed by atoms with Crippen LogP contribution in [0.5, 0.6) is 0 Å². The highest BCUT2D eigenvalue weighted by molar-refractivity contribution is 7.71. The number of benzene rings is 1. The number of rotatable bonds is 3. The summed E-state index contributed by atoms with van der Waals surface area (Å²) in [7, 11) is 0. The first-order chi connectivity index (χ1) is 9.46. The van der Waals surface area contributed by atoms with E-state index in [-0.39, 0.29) is 5.41 Å². The van der Waals surface area contributed by atoms with Gasteiger partial charge in [0.25, 0.3) is 0 Å². The molecule has 1 aromatic carbocycles. The lowest BCUT2D eigenvalue weighted by Crippen LogP contribution is -2.51. The van der Waals surface area contributed by atoms with Crippen LogP contribution in [0.4, 0.5) is 0 Å². The number of hydrogen-bond acceptors (Lipinski definition) is 2. The molecule has 20 heavy (non-hydrogen) atoms. The van der Waals surface area contributed by atoms with E-state index < -0.39 is 0 Å². The van der Waals surface area contributed by atoms with Crippen molar-refractivity contribution in [1.29, 1.82) is 0 Å². The predicted molar refractivity (Wildman–Crippen MR) is 85.0 cm³/mol. The monoisotopic (exact) mass is 310 g/mol. The standard InChI is InChI=1S/C15H19ClN2OS/c1-4-19-12-8-11(15(12,2)3)18-10-7-5-6-9(16)13(10)17-14(18)20/h5-7,11-12H,4,8H2,1-3H3,(H,17,20). The van der Waals surface area contributed by atoms with Crippen LogP contribution in [-0.2, 0) is 4.74 Å². The summed E-state index contributed by atoms with van der Waals surface area (Å²) < 4.78 is 8.75. The Morgan fingerprint density at radius 2 is 2.25 bits per heavy atom. The molecule has 1 saturated carbocycles. The molecule has 0 amide bonds. The molecule has 2 atom stereocenters. The van der Waals surface area contributed by atoms with E-state index in [1.165, 1.54) is 0 Å². The zero-order valence-electron chi connectivity index (χ0n) is 11.9. The van der Waals surface area contributed by atoms with E-state index in [1.54, 1.807) is 0 Å². The normalized spacial score (nSPS) is 24.8. The van der Waals surface area contributed by atoms with Crippen LogP contribution in [0.3, 0.4) is 0 Å². The molecule has 108 valence electrons. The smallest absolute Gasteiger partial charge is 0.178 e. The molecule has 0 spiro atoms. The van der Waals surface area contributed by atoms with Crippen LogP contribution in [0.2, 0.25) is 5.02 Å². The van der Waals surface area contributed by atoms with E-state index in [9.17, 15) is 0 Å². The van der Waals surface area contributed by atoms with Gasteiger partial charge in [-0.2, -0.15) is 0 Å². The summed E-state index contributed by atoms with van der Waals surface area (Å²) in [4.78, 5) is 3.23. The molecule has 0 aliphatic heterocycles. The van der Waals surface area contributed by atoms with Gasteiger partial charge in [-0.15, -0.1) is 0 Å². The minimum Gasteiger partial charge on any atom is -0.378 e. The van der Waals surface area contributed by atoms with Gasteiger partial charge in [-0.3, -0.25) is 0 Å². The third-order valence-corrected chi connectivity index (χ3v) is 5.12. The molecular formula is C15H19ClN2OS. The van der Waals surface area contributed by atoms with Crippen molar-refractivity contribution in [3.05, 3.63) is 28.0 Å². The van der Waals surface area contributed by atoms with Crippen molar-refractivity contribution in [3.8, 4) is 0 Å². The van der Waals surface area contributed by atoms with Crippen LogP contribution < -0.4 is 0 Å². The molecule has 3 nitrogen and oxygen atoms in total. The summed E-state index contributed by atoms with van der Waals surface area (Å²) >= 11 is 11.7. The minimum atomic E-state index is 0.0751. The molecule has 1 heterocycles. The predicted octanol–water partition coefficient (Wildman–Crippen LogP) is 4.73. The van der Waals surface area contributed by atoms with Gasteiger partial charge in [0.1, 0.15) is 0 Å². The Morgan fingerprint density at radius 1 is 1.50 bits per heavy atom. The molecule has 1 N–H and O–H groups in total. The molecule has 3 rings (SSSR count). The lowest BCUT2D eigenvalue weighted by Gasteiger charge is -2.52. The fraction of sp³-hybridized carbons (Fsp3) is 0.533. The van der Waals surface area contributed by atoms with Crippen LogP contribution in [-0.4, -0.2) is 22.3 Å². The number of para-hydroxylation sites is 1. The van der Waals surface area contributed by atoms with E-state index in [1.807, 2.05) is 19.1 Å². The number of ether oxygens (including phenoxy) is 1. The van der Waals surface area contributed by atoms with Gasteiger partial charge in [-0.25, -0.2) is 0 Å². The Morgan fingerprint density at radius 3 is 2.90 bits per heavy atom. The second-order valence-electron chi connectivity index (χ2n) is 5.95. The van der Waals surface area contributed by atoms with Crippen LogP contribution in [0.25, 0.3) is 11.0 Å². The van der Waals surface area contributed by atoms with Gasteiger partial charge >= 0.3 is 0 Å². The third kappa shape index (κ3) is 1.93. The first-order valence-corrected chi connectivity index (χ1v) is 7.75. The van der Waals surface area contributed by atoms with Gasteiger partial charge in [0, 0.05) is 18.1 Å². The Labute approximate surface area is 128 Å². The molecule has 1 aromatic heterocycles. The average Bonchev–Trinajstić information content (AvgIpc) is 2.72. The lowest BCUT2D eigenvalue weighted by molar-refractivity contribution is -0.127. The second-order valence-corrected chi connectivity index (χ2v) is 6.74. The summed E-state index contributed by atoms with van der Waals surface area (Å²) in [6.07, 6.45) is 1.29. The maximum absolute atomic E-state index is 6.24. The molecule has 0 radical (unpaired) electrons. The summed E-state index contributed by atoms with van der Waals surface area (Å²) in [6, 6.07) is 6.26. The fourth-order valence-electron chi connectivity index (χ4n) is 3.21. The van der Waals surface area contributed by atoms with Gasteiger partial charge in [0.15, 0.2) is 4.77 Å². The zero-order chi connectivity index (χ0) is 14.5. The Bertz CT molecular complexity index is 703. The van der Waals surface area contributed by atoms with Crippen molar-refractivity contribution in [2.75, 3.05) is 6.61 Å². The molecule has 2 unspecified atom stereocenters. The van der Waals surface area contributed by atoms with E-state index in [0.29, 0.717) is 17.2 Å². The average molecular weight is 311 g/mol. The molecular weight excluding hydrogens is 292 g/mol. The molecule has 0 bridgehead atoms. The summed E-state index contributed by atoms with van der Waals surface area (Å²) in [5, 5.41) is 0.714. The van der Waals surface area contributed by atoms with Crippen molar-refractivity contribution in [2.24, 2.45) is 5.41 Å². The highest BCUT2D eigenvalue weighted by Crippen LogP contribution is 2.52. The first-order valence-electron chi connectivity index (χ1n) is 6.97. The quantitative estimate of drug-likeness (QED) is 0.831. The number of nitrogens with one attached hydrogen (secondary N) is 1. The second kappa shape index (κ2) is 4.86. The largest absolute Gasteiger partial charge is 0.378 e. The Balaban J connectivity index is 2.07. The minimum absolute atomic E-state index is 0.0751. The number of aromatic amines is 1. The van der Waals surface area contributed by atoms with Gasteiger partial charge in [-0.05, 0) is 37.7 Å². The number of nitrogens with zero attached hydrogens (tertiary/aromatic N) is 1. The van der Waals surface area contributed by atoms with Gasteiger partial charge in [0.05, 0.1) is 22.2 Å². The topological polar surface area (TPSA) is 29.9 Å². The van der Waals surface area contributed by atoms with E-state index in [4.69, 9.17) is 28.6 Å². The number of aromatic nitrogens is 2. The maximum Gasteiger partial charge on any atom is 0.178 e. The molecule has 1 aliphatic rings. The molecule has 5 heteroatoms. The molecule has 1 fully saturated rings. The highest BCUT2D eigenvalue weighted by atomic mass is 35.5. The van der Waals surface area contributed by atoms with Crippen LogP contribution in [0, 0.1) is 10.2 Å². The number of H-pyrrole nitrogens is 1. The Kier molecular flexibility index (Phi) is 3.43. The maximum atomic E-state index is 6.24. The van der Waals surface area contributed by atoms with Gasteiger partial charge in [0.2, 0.25) is 0 Å². The van der Waals surface area contributed by atoms with E-state index in [2.05, 4.69) is 29.5 Å². The van der Waals surface area contributed by atoms with E-state index >= 15 is 0 Å². The summed E-state index contributed by atoms with van der Waals surface area (Å²) in [6.45, 7) is 7.28. The van der Waals surface area contributed by atoms with Crippen molar-refractivity contribution in [2.45, 2.75) is 39.3 Å². The highest BCUT2D eigenvalue weighted by Gasteiger charge is 2.50. The SMILES string of the molecule is CCOC1CC(n2c(=S)[nH]c3c(Cl)cccc32)C1(C)C. The van der Waals surface area contributed by atoms with Crippen molar-refractivity contribution in [3.63, 3.8) is 0 Å². The number of imidazole rings is 1. The fourth-order valence-corrected chi connectivity index (χ4v) is 3.75. The number of fused-ring (bicyclic) bond motifs is 1. The number of halogens is 1. The van der Waals surface area contributed by atoms with Crippen molar-refractivity contribution >= 4 is 34.9 Å². The van der Waals surface area contributed by atoms with Crippen LogP contribution >= 0.6 is 23.8 Å². The molecule has 1 aliphatic carbocycles.